The smallest absolute Gasteiger partial charge is 0.328 e. The number of esters is 1. The molecule has 0 unspecified atom stereocenters. The molecule has 6 nitrogen and oxygen atoms in total. The second-order valence-electron chi connectivity index (χ2n) is 3.98. The Kier molecular flexibility index (Phi) is 5.05. The van der Waals surface area contributed by atoms with Crippen molar-refractivity contribution >= 4 is 23.5 Å². The highest BCUT2D eigenvalue weighted by Crippen LogP contribution is 2.09. The van der Waals surface area contributed by atoms with E-state index in [1.807, 2.05) is 0 Å². The maximum absolute atomic E-state index is 11.6. The Morgan fingerprint density at radius 3 is 2.21 bits per heavy atom. The van der Waals surface area contributed by atoms with Crippen molar-refractivity contribution in [3.63, 3.8) is 0 Å². The fourth-order valence-electron chi connectivity index (χ4n) is 1.39. The quantitative estimate of drug-likeness (QED) is 0.638. The van der Waals surface area contributed by atoms with Gasteiger partial charge in [-0.25, -0.2) is 9.59 Å². The SMILES string of the molecule is COC(=O)[C@H](C)NC(=O)Nc1ccc(C(C)=O)cc1. The second kappa shape index (κ2) is 6.53. The molecule has 0 spiro atoms. The van der Waals surface area contributed by atoms with Gasteiger partial charge < -0.3 is 15.4 Å². The highest BCUT2D eigenvalue weighted by molar-refractivity contribution is 5.96. The van der Waals surface area contributed by atoms with E-state index in [0.717, 1.165) is 0 Å². The number of carbonyl (C=O) groups excluding carboxylic acids is 3. The molecule has 0 radical (unpaired) electrons. The minimum Gasteiger partial charge on any atom is -0.467 e. The summed E-state index contributed by atoms with van der Waals surface area (Å²) >= 11 is 0. The molecular formula is C13H16N2O4. The Morgan fingerprint density at radius 2 is 1.74 bits per heavy atom. The molecule has 0 bridgehead atoms. The first-order chi connectivity index (χ1) is 8.93. The number of Topliss-reactive ketones (excluding diaryl/α,β-unsaturated/α-hetero) is 1. The summed E-state index contributed by atoms with van der Waals surface area (Å²) in [6, 6.07) is 5.19. The van der Waals surface area contributed by atoms with Crippen molar-refractivity contribution in [2.24, 2.45) is 0 Å². The Hall–Kier alpha value is -2.37. The molecule has 0 saturated heterocycles. The van der Waals surface area contributed by atoms with Gasteiger partial charge >= 0.3 is 12.0 Å². The summed E-state index contributed by atoms with van der Waals surface area (Å²) in [7, 11) is 1.25. The number of anilines is 1. The molecule has 0 aliphatic carbocycles. The van der Waals surface area contributed by atoms with Crippen LogP contribution in [0.3, 0.4) is 0 Å². The van der Waals surface area contributed by atoms with Crippen LogP contribution in [0, 0.1) is 0 Å². The molecule has 2 amide bonds. The van der Waals surface area contributed by atoms with Gasteiger partial charge in [-0.2, -0.15) is 0 Å². The van der Waals surface area contributed by atoms with Crippen molar-refractivity contribution < 1.29 is 19.1 Å². The van der Waals surface area contributed by atoms with Gasteiger partial charge in [0.25, 0.3) is 0 Å². The fourth-order valence-corrected chi connectivity index (χ4v) is 1.39. The summed E-state index contributed by atoms with van der Waals surface area (Å²) in [6.45, 7) is 2.98. The lowest BCUT2D eigenvalue weighted by molar-refractivity contribution is -0.142. The van der Waals surface area contributed by atoms with Gasteiger partial charge in [0.05, 0.1) is 7.11 Å². The number of urea groups is 1. The van der Waals surface area contributed by atoms with Crippen molar-refractivity contribution in [1.82, 2.24) is 5.32 Å². The van der Waals surface area contributed by atoms with Gasteiger partial charge in [-0.3, -0.25) is 4.79 Å². The van der Waals surface area contributed by atoms with E-state index in [1.54, 1.807) is 24.3 Å². The fraction of sp³-hybridized carbons (Fsp3) is 0.308. The van der Waals surface area contributed by atoms with Crippen LogP contribution in [-0.4, -0.2) is 30.9 Å². The average Bonchev–Trinajstić information content (AvgIpc) is 2.38. The zero-order valence-corrected chi connectivity index (χ0v) is 11.0. The highest BCUT2D eigenvalue weighted by atomic mass is 16.5. The molecular weight excluding hydrogens is 248 g/mol. The molecule has 102 valence electrons. The van der Waals surface area contributed by atoms with Crippen LogP contribution in [0.15, 0.2) is 24.3 Å². The third kappa shape index (κ3) is 4.42. The molecule has 1 aromatic rings. The van der Waals surface area contributed by atoms with E-state index >= 15 is 0 Å². The largest absolute Gasteiger partial charge is 0.467 e. The zero-order chi connectivity index (χ0) is 14.4. The number of hydrogen-bond acceptors (Lipinski definition) is 4. The van der Waals surface area contributed by atoms with Gasteiger partial charge in [-0.1, -0.05) is 0 Å². The van der Waals surface area contributed by atoms with Crippen LogP contribution < -0.4 is 10.6 Å². The first-order valence-electron chi connectivity index (χ1n) is 5.70. The van der Waals surface area contributed by atoms with Crippen LogP contribution in [-0.2, 0) is 9.53 Å². The Labute approximate surface area is 111 Å². The van der Waals surface area contributed by atoms with Gasteiger partial charge in [0, 0.05) is 11.3 Å². The van der Waals surface area contributed by atoms with Gasteiger partial charge in [-0.15, -0.1) is 0 Å². The van der Waals surface area contributed by atoms with E-state index in [1.165, 1.54) is 21.0 Å². The van der Waals surface area contributed by atoms with Crippen LogP contribution in [0.4, 0.5) is 10.5 Å². The summed E-state index contributed by atoms with van der Waals surface area (Å²) in [4.78, 5) is 33.8. The molecule has 1 aromatic carbocycles. The predicted octanol–water partition coefficient (Wildman–Crippen LogP) is 1.57. The lowest BCUT2D eigenvalue weighted by Gasteiger charge is -2.12. The van der Waals surface area contributed by atoms with E-state index in [2.05, 4.69) is 15.4 Å². The lowest BCUT2D eigenvalue weighted by atomic mass is 10.1. The van der Waals surface area contributed by atoms with Crippen molar-refractivity contribution in [2.75, 3.05) is 12.4 Å². The standard InChI is InChI=1S/C13H16N2O4/c1-8(12(17)19-3)14-13(18)15-11-6-4-10(5-7-11)9(2)16/h4-8H,1-3H3,(H2,14,15,18)/t8-/m0/s1. The monoisotopic (exact) mass is 264 g/mol. The van der Waals surface area contributed by atoms with Crippen molar-refractivity contribution in [2.45, 2.75) is 19.9 Å². The van der Waals surface area contributed by atoms with E-state index in [4.69, 9.17) is 0 Å². The molecule has 0 aromatic heterocycles. The first-order valence-corrected chi connectivity index (χ1v) is 5.70. The maximum Gasteiger partial charge on any atom is 0.328 e. The second-order valence-corrected chi connectivity index (χ2v) is 3.98. The minimum atomic E-state index is -0.735. The minimum absolute atomic E-state index is 0.0460. The summed E-state index contributed by atoms with van der Waals surface area (Å²) in [5.41, 5.74) is 1.09. The molecule has 0 fully saturated rings. The third-order valence-electron chi connectivity index (χ3n) is 2.45. The van der Waals surface area contributed by atoms with Crippen LogP contribution in [0.2, 0.25) is 0 Å². The van der Waals surface area contributed by atoms with Crippen molar-refractivity contribution in [1.29, 1.82) is 0 Å². The van der Waals surface area contributed by atoms with E-state index in [0.29, 0.717) is 11.3 Å². The number of rotatable bonds is 4. The molecule has 0 saturated carbocycles. The molecule has 19 heavy (non-hydrogen) atoms. The van der Waals surface area contributed by atoms with E-state index in [-0.39, 0.29) is 5.78 Å². The molecule has 1 rings (SSSR count). The third-order valence-corrected chi connectivity index (χ3v) is 2.45. The number of methoxy groups -OCH3 is 1. The predicted molar refractivity (Wildman–Crippen MR) is 70.1 cm³/mol. The van der Waals surface area contributed by atoms with Crippen LogP contribution in [0.5, 0.6) is 0 Å². The Bertz CT molecular complexity index is 482. The number of nitrogens with one attached hydrogen (secondary N) is 2. The first kappa shape index (κ1) is 14.7. The van der Waals surface area contributed by atoms with Crippen LogP contribution in [0.1, 0.15) is 24.2 Å². The number of ether oxygens (including phenoxy) is 1. The number of amides is 2. The topological polar surface area (TPSA) is 84.5 Å². The summed E-state index contributed by atoms with van der Waals surface area (Å²) in [6.07, 6.45) is 0. The van der Waals surface area contributed by atoms with Crippen LogP contribution >= 0.6 is 0 Å². The molecule has 1 atom stereocenters. The Morgan fingerprint density at radius 1 is 1.16 bits per heavy atom. The molecule has 0 heterocycles. The number of hydrogen-bond donors (Lipinski definition) is 2. The van der Waals surface area contributed by atoms with Gasteiger partial charge in [0.1, 0.15) is 6.04 Å². The molecule has 6 heteroatoms. The molecule has 0 aliphatic heterocycles. The number of benzene rings is 1. The number of carbonyl (C=O) groups is 3. The lowest BCUT2D eigenvalue weighted by Crippen LogP contribution is -2.41. The summed E-state index contributed by atoms with van der Waals surface area (Å²) < 4.78 is 4.49. The van der Waals surface area contributed by atoms with E-state index < -0.39 is 18.0 Å². The van der Waals surface area contributed by atoms with E-state index in [9.17, 15) is 14.4 Å². The maximum atomic E-state index is 11.6. The summed E-state index contributed by atoms with van der Waals surface area (Å²) in [5.74, 6) is -0.572. The van der Waals surface area contributed by atoms with Gasteiger partial charge in [0.15, 0.2) is 5.78 Å². The van der Waals surface area contributed by atoms with Gasteiger partial charge in [-0.05, 0) is 38.1 Å². The zero-order valence-electron chi connectivity index (χ0n) is 11.0. The van der Waals surface area contributed by atoms with Crippen LogP contribution in [0.25, 0.3) is 0 Å². The average molecular weight is 264 g/mol. The molecule has 0 aliphatic rings. The van der Waals surface area contributed by atoms with Crippen molar-refractivity contribution in [3.05, 3.63) is 29.8 Å². The number of ketones is 1. The van der Waals surface area contributed by atoms with Gasteiger partial charge in [0.2, 0.25) is 0 Å². The molecule has 2 N–H and O–H groups in total. The van der Waals surface area contributed by atoms with Crippen molar-refractivity contribution in [3.8, 4) is 0 Å². The highest BCUT2D eigenvalue weighted by Gasteiger charge is 2.15. The Balaban J connectivity index is 2.57. The summed E-state index contributed by atoms with van der Waals surface area (Å²) in [5, 5.41) is 4.97. The normalized spacial score (nSPS) is 11.3.